The normalized spacial score (nSPS) is 11.2. The van der Waals surface area contributed by atoms with Gasteiger partial charge in [-0.2, -0.15) is 0 Å². The van der Waals surface area contributed by atoms with Crippen LogP contribution in [-0.2, 0) is 17.8 Å². The standard InChI is InChI=1S/C19H22N2O/c20-19(22)14-18(21-15-17-10-5-2-6-11-17)13-7-12-16-8-3-1-4-9-16/h1-6,8-11,14,21H,7,12-13,15H2,(H2,20,22)/b18-14+. The Bertz CT molecular complexity index is 606. The van der Waals surface area contributed by atoms with Crippen molar-refractivity contribution in [3.8, 4) is 0 Å². The van der Waals surface area contributed by atoms with Gasteiger partial charge in [-0.15, -0.1) is 0 Å². The summed E-state index contributed by atoms with van der Waals surface area (Å²) in [7, 11) is 0. The van der Waals surface area contributed by atoms with E-state index in [9.17, 15) is 4.79 Å². The van der Waals surface area contributed by atoms with Crippen molar-refractivity contribution in [1.82, 2.24) is 5.32 Å². The van der Waals surface area contributed by atoms with Gasteiger partial charge in [-0.05, 0) is 30.4 Å². The fourth-order valence-electron chi connectivity index (χ4n) is 2.32. The molecule has 0 aromatic heterocycles. The first-order chi connectivity index (χ1) is 10.7. The Morgan fingerprint density at radius 1 is 0.955 bits per heavy atom. The van der Waals surface area contributed by atoms with Crippen LogP contribution < -0.4 is 11.1 Å². The molecule has 3 nitrogen and oxygen atoms in total. The van der Waals surface area contributed by atoms with Crippen molar-refractivity contribution in [2.24, 2.45) is 5.73 Å². The number of rotatable bonds is 8. The van der Waals surface area contributed by atoms with E-state index in [1.54, 1.807) is 0 Å². The van der Waals surface area contributed by atoms with Crippen molar-refractivity contribution in [2.45, 2.75) is 25.8 Å². The molecule has 2 rings (SSSR count). The molecule has 0 saturated carbocycles. The third kappa shape index (κ3) is 5.83. The van der Waals surface area contributed by atoms with Crippen LogP contribution >= 0.6 is 0 Å². The van der Waals surface area contributed by atoms with E-state index < -0.39 is 5.91 Å². The van der Waals surface area contributed by atoms with Gasteiger partial charge < -0.3 is 11.1 Å². The minimum absolute atomic E-state index is 0.407. The lowest BCUT2D eigenvalue weighted by molar-refractivity contribution is -0.113. The van der Waals surface area contributed by atoms with Gasteiger partial charge in [0.05, 0.1) is 0 Å². The summed E-state index contributed by atoms with van der Waals surface area (Å²) in [6.07, 6.45) is 4.27. The number of allylic oxidation sites excluding steroid dienone is 1. The van der Waals surface area contributed by atoms with Crippen LogP contribution in [0.4, 0.5) is 0 Å². The molecule has 3 heteroatoms. The minimum atomic E-state index is -0.407. The maximum absolute atomic E-state index is 11.2. The zero-order valence-corrected chi connectivity index (χ0v) is 12.7. The quantitative estimate of drug-likeness (QED) is 0.735. The van der Waals surface area contributed by atoms with Gasteiger partial charge in [-0.25, -0.2) is 0 Å². The lowest BCUT2D eigenvalue weighted by Crippen LogP contribution is -2.17. The van der Waals surface area contributed by atoms with Crippen LogP contribution in [0.3, 0.4) is 0 Å². The Kier molecular flexibility index (Phi) is 6.24. The molecule has 0 radical (unpaired) electrons. The average molecular weight is 294 g/mol. The molecule has 3 N–H and O–H groups in total. The van der Waals surface area contributed by atoms with Gasteiger partial charge in [0.1, 0.15) is 0 Å². The number of benzene rings is 2. The highest BCUT2D eigenvalue weighted by Crippen LogP contribution is 2.09. The highest BCUT2D eigenvalue weighted by molar-refractivity contribution is 5.86. The van der Waals surface area contributed by atoms with Crippen LogP contribution in [0.5, 0.6) is 0 Å². The lowest BCUT2D eigenvalue weighted by atomic mass is 10.1. The van der Waals surface area contributed by atoms with Crippen LogP contribution in [0, 0.1) is 0 Å². The van der Waals surface area contributed by atoms with Gasteiger partial charge >= 0.3 is 0 Å². The molecule has 0 fully saturated rings. The lowest BCUT2D eigenvalue weighted by Gasteiger charge is -2.11. The summed E-state index contributed by atoms with van der Waals surface area (Å²) >= 11 is 0. The van der Waals surface area contributed by atoms with Gasteiger partial charge in [0.15, 0.2) is 0 Å². The number of hydrogen-bond donors (Lipinski definition) is 2. The maximum Gasteiger partial charge on any atom is 0.243 e. The molecule has 0 atom stereocenters. The number of hydrogen-bond acceptors (Lipinski definition) is 2. The second kappa shape index (κ2) is 8.67. The molecule has 114 valence electrons. The molecular formula is C19H22N2O. The van der Waals surface area contributed by atoms with E-state index in [2.05, 4.69) is 29.6 Å². The Morgan fingerprint density at radius 2 is 1.55 bits per heavy atom. The molecule has 0 spiro atoms. The van der Waals surface area contributed by atoms with Gasteiger partial charge in [0, 0.05) is 18.3 Å². The summed E-state index contributed by atoms with van der Waals surface area (Å²) in [6, 6.07) is 20.5. The van der Waals surface area contributed by atoms with Gasteiger partial charge in [-0.1, -0.05) is 60.7 Å². The van der Waals surface area contributed by atoms with Crippen LogP contribution in [0.1, 0.15) is 24.0 Å². The molecule has 0 saturated heterocycles. The van der Waals surface area contributed by atoms with E-state index in [0.29, 0.717) is 6.54 Å². The number of aryl methyl sites for hydroxylation is 1. The second-order valence-electron chi connectivity index (χ2n) is 5.25. The molecule has 22 heavy (non-hydrogen) atoms. The Balaban J connectivity index is 1.85. The van der Waals surface area contributed by atoms with E-state index in [1.165, 1.54) is 17.2 Å². The fourth-order valence-corrected chi connectivity index (χ4v) is 2.32. The predicted octanol–water partition coefficient (Wildman–Crippen LogP) is 3.17. The van der Waals surface area contributed by atoms with E-state index in [1.807, 2.05) is 36.4 Å². The van der Waals surface area contributed by atoms with Crippen molar-refractivity contribution in [1.29, 1.82) is 0 Å². The fraction of sp³-hybridized carbons (Fsp3) is 0.211. The Hall–Kier alpha value is -2.55. The van der Waals surface area contributed by atoms with Crippen LogP contribution in [-0.4, -0.2) is 5.91 Å². The summed E-state index contributed by atoms with van der Waals surface area (Å²) in [5.41, 5.74) is 8.68. The summed E-state index contributed by atoms with van der Waals surface area (Å²) < 4.78 is 0. The second-order valence-corrected chi connectivity index (χ2v) is 5.25. The predicted molar refractivity (Wildman–Crippen MR) is 89.9 cm³/mol. The van der Waals surface area contributed by atoms with Crippen molar-refractivity contribution in [2.75, 3.05) is 0 Å². The molecule has 0 unspecified atom stereocenters. The van der Waals surface area contributed by atoms with Crippen LogP contribution in [0.25, 0.3) is 0 Å². The summed E-state index contributed by atoms with van der Waals surface area (Å²) in [5, 5.41) is 3.31. The largest absolute Gasteiger partial charge is 0.384 e. The molecule has 0 aliphatic carbocycles. The molecule has 2 aromatic rings. The smallest absolute Gasteiger partial charge is 0.243 e. The number of nitrogens with two attached hydrogens (primary N) is 1. The van der Waals surface area contributed by atoms with Gasteiger partial charge in [0.2, 0.25) is 5.91 Å². The van der Waals surface area contributed by atoms with E-state index in [0.717, 1.165) is 25.0 Å². The van der Waals surface area contributed by atoms with Crippen molar-refractivity contribution < 1.29 is 4.79 Å². The summed E-state index contributed by atoms with van der Waals surface area (Å²) in [6.45, 7) is 0.700. The zero-order chi connectivity index (χ0) is 15.6. The Labute approximate surface area is 131 Å². The third-order valence-electron chi connectivity index (χ3n) is 3.43. The SMILES string of the molecule is NC(=O)/C=C(\CCCc1ccccc1)NCc1ccccc1. The van der Waals surface area contributed by atoms with Crippen LogP contribution in [0.15, 0.2) is 72.4 Å². The first kappa shape index (κ1) is 15.8. The van der Waals surface area contributed by atoms with Crippen molar-refractivity contribution in [3.05, 3.63) is 83.6 Å². The zero-order valence-electron chi connectivity index (χ0n) is 12.7. The number of primary amides is 1. The third-order valence-corrected chi connectivity index (χ3v) is 3.43. The molecule has 0 aliphatic rings. The molecule has 0 heterocycles. The first-order valence-corrected chi connectivity index (χ1v) is 7.56. The van der Waals surface area contributed by atoms with E-state index in [-0.39, 0.29) is 0 Å². The molecule has 0 bridgehead atoms. The van der Waals surface area contributed by atoms with E-state index >= 15 is 0 Å². The monoisotopic (exact) mass is 294 g/mol. The number of nitrogens with one attached hydrogen (secondary N) is 1. The van der Waals surface area contributed by atoms with Crippen LogP contribution in [0.2, 0.25) is 0 Å². The van der Waals surface area contributed by atoms with Gasteiger partial charge in [0.25, 0.3) is 0 Å². The highest BCUT2D eigenvalue weighted by Gasteiger charge is 2.01. The summed E-state index contributed by atoms with van der Waals surface area (Å²) in [4.78, 5) is 11.2. The van der Waals surface area contributed by atoms with Gasteiger partial charge in [-0.3, -0.25) is 4.79 Å². The topological polar surface area (TPSA) is 55.1 Å². The maximum atomic E-state index is 11.2. The summed E-state index contributed by atoms with van der Waals surface area (Å²) in [5.74, 6) is -0.407. The van der Waals surface area contributed by atoms with E-state index in [4.69, 9.17) is 5.73 Å². The van der Waals surface area contributed by atoms with Crippen molar-refractivity contribution in [3.63, 3.8) is 0 Å². The number of carbonyl (C=O) groups excluding carboxylic acids is 1. The number of amides is 1. The minimum Gasteiger partial charge on any atom is -0.384 e. The molecular weight excluding hydrogens is 272 g/mol. The molecule has 0 aliphatic heterocycles. The van der Waals surface area contributed by atoms with Crippen molar-refractivity contribution >= 4 is 5.91 Å². The Morgan fingerprint density at radius 3 is 2.14 bits per heavy atom. The highest BCUT2D eigenvalue weighted by atomic mass is 16.1. The number of carbonyl (C=O) groups is 1. The average Bonchev–Trinajstić information content (AvgIpc) is 2.54. The first-order valence-electron chi connectivity index (χ1n) is 7.56. The molecule has 2 aromatic carbocycles. The molecule has 1 amide bonds.